The summed E-state index contributed by atoms with van der Waals surface area (Å²) in [7, 11) is 0. The molecule has 0 saturated carbocycles. The van der Waals surface area contributed by atoms with Gasteiger partial charge in [0.1, 0.15) is 4.83 Å². The zero-order valence-corrected chi connectivity index (χ0v) is 11.9. The van der Waals surface area contributed by atoms with Gasteiger partial charge in [-0.2, -0.15) is 0 Å². The topological polar surface area (TPSA) is 52.2 Å². The quantitative estimate of drug-likeness (QED) is 0.874. The van der Waals surface area contributed by atoms with E-state index in [4.69, 9.17) is 4.42 Å². The zero-order chi connectivity index (χ0) is 12.6. The molecule has 2 heterocycles. The summed E-state index contributed by atoms with van der Waals surface area (Å²) >= 11 is 4.70. The highest BCUT2D eigenvalue weighted by Gasteiger charge is 2.12. The van der Waals surface area contributed by atoms with Gasteiger partial charge in [-0.05, 0) is 34.3 Å². The van der Waals surface area contributed by atoms with Crippen LogP contribution in [-0.4, -0.2) is 4.57 Å². The Morgan fingerprint density at radius 2 is 2.18 bits per heavy atom. The highest BCUT2D eigenvalue weighted by atomic mass is 79.9. The summed E-state index contributed by atoms with van der Waals surface area (Å²) in [6.45, 7) is 4.75. The van der Waals surface area contributed by atoms with Gasteiger partial charge < -0.3 is 4.42 Å². The van der Waals surface area contributed by atoms with E-state index in [0.29, 0.717) is 22.7 Å². The molecular weight excluding hydrogens is 306 g/mol. The Bertz CT molecular complexity index is 653. The van der Waals surface area contributed by atoms with Gasteiger partial charge in [0.25, 0.3) is 0 Å². The summed E-state index contributed by atoms with van der Waals surface area (Å²) in [5, 5.41) is 0.463. The number of aromatic nitrogens is 1. The fourth-order valence-electron chi connectivity index (χ4n) is 1.55. The summed E-state index contributed by atoms with van der Waals surface area (Å²) in [5.41, 5.74) is -0.562. The van der Waals surface area contributed by atoms with E-state index in [-0.39, 0.29) is 0 Å². The molecule has 6 heteroatoms. The minimum Gasteiger partial charge on any atom is -0.372 e. The van der Waals surface area contributed by atoms with Crippen LogP contribution in [0.15, 0.2) is 23.9 Å². The van der Waals surface area contributed by atoms with Crippen LogP contribution in [0.3, 0.4) is 0 Å². The number of hydrogen-bond donors (Lipinski definition) is 0. The molecule has 92 valence electrons. The van der Waals surface area contributed by atoms with Crippen molar-refractivity contribution in [1.29, 1.82) is 0 Å². The van der Waals surface area contributed by atoms with Crippen LogP contribution in [-0.2, 0) is 6.54 Å². The predicted octanol–water partition coefficient (Wildman–Crippen LogP) is 2.82. The van der Waals surface area contributed by atoms with Crippen LogP contribution in [0.1, 0.15) is 20.3 Å². The first-order chi connectivity index (χ1) is 7.99. The Hall–Kier alpha value is -0.880. The standard InChI is InChI=1S/C11H12BrNO3S/c1-6(2)3-4-13-9-7(5-8(12)17-9)10(14)16-11(13)15/h5-6H,3-4H2,1-2H3. The van der Waals surface area contributed by atoms with Crippen LogP contribution in [0.2, 0.25) is 0 Å². The van der Waals surface area contributed by atoms with E-state index in [0.717, 1.165) is 10.2 Å². The average molecular weight is 318 g/mol. The monoisotopic (exact) mass is 317 g/mol. The number of aryl methyl sites for hydroxylation is 1. The molecule has 2 aromatic heterocycles. The molecule has 0 aliphatic heterocycles. The van der Waals surface area contributed by atoms with Gasteiger partial charge in [0.2, 0.25) is 0 Å². The molecule has 17 heavy (non-hydrogen) atoms. The van der Waals surface area contributed by atoms with E-state index in [2.05, 4.69) is 29.8 Å². The van der Waals surface area contributed by atoms with E-state index in [9.17, 15) is 9.59 Å². The van der Waals surface area contributed by atoms with E-state index in [1.807, 2.05) is 0 Å². The lowest BCUT2D eigenvalue weighted by Gasteiger charge is -2.07. The molecule has 0 saturated heterocycles. The number of halogens is 1. The maximum atomic E-state index is 11.7. The average Bonchev–Trinajstić information content (AvgIpc) is 2.59. The Kier molecular flexibility index (Phi) is 3.53. The molecule has 2 rings (SSSR count). The smallest absolute Gasteiger partial charge is 0.372 e. The van der Waals surface area contributed by atoms with Crippen molar-refractivity contribution in [2.45, 2.75) is 26.8 Å². The summed E-state index contributed by atoms with van der Waals surface area (Å²) in [6.07, 6.45) is 0.873. The summed E-state index contributed by atoms with van der Waals surface area (Å²) in [6, 6.07) is 1.69. The Morgan fingerprint density at radius 3 is 2.82 bits per heavy atom. The predicted molar refractivity (Wildman–Crippen MR) is 71.8 cm³/mol. The largest absolute Gasteiger partial charge is 0.422 e. The lowest BCUT2D eigenvalue weighted by Crippen LogP contribution is -2.24. The first-order valence-corrected chi connectivity index (χ1v) is 6.93. The summed E-state index contributed by atoms with van der Waals surface area (Å²) < 4.78 is 7.06. The molecule has 4 nitrogen and oxygen atoms in total. The molecule has 0 aliphatic rings. The van der Waals surface area contributed by atoms with Crippen molar-refractivity contribution in [2.24, 2.45) is 5.92 Å². The van der Waals surface area contributed by atoms with Crippen LogP contribution < -0.4 is 11.4 Å². The normalized spacial score (nSPS) is 11.5. The number of rotatable bonds is 3. The number of nitrogens with zero attached hydrogens (tertiary/aromatic N) is 1. The third-order valence-electron chi connectivity index (χ3n) is 2.48. The maximum absolute atomic E-state index is 11.7. The lowest BCUT2D eigenvalue weighted by molar-refractivity contribution is 0.401. The van der Waals surface area contributed by atoms with Crippen LogP contribution in [0, 0.1) is 5.92 Å². The van der Waals surface area contributed by atoms with E-state index >= 15 is 0 Å². The van der Waals surface area contributed by atoms with Crippen molar-refractivity contribution in [3.8, 4) is 0 Å². The fourth-order valence-corrected chi connectivity index (χ4v) is 3.13. The Labute approximate surface area is 110 Å². The van der Waals surface area contributed by atoms with Crippen molar-refractivity contribution >= 4 is 37.5 Å². The Balaban J connectivity index is 2.61. The zero-order valence-electron chi connectivity index (χ0n) is 9.53. The van der Waals surface area contributed by atoms with Crippen LogP contribution in [0.4, 0.5) is 0 Å². The maximum Gasteiger partial charge on any atom is 0.422 e. The van der Waals surface area contributed by atoms with Gasteiger partial charge in [0, 0.05) is 6.54 Å². The van der Waals surface area contributed by atoms with E-state index < -0.39 is 11.4 Å². The van der Waals surface area contributed by atoms with E-state index in [1.54, 1.807) is 6.07 Å². The van der Waals surface area contributed by atoms with Gasteiger partial charge in [-0.25, -0.2) is 9.59 Å². The van der Waals surface area contributed by atoms with Gasteiger partial charge in [0.15, 0.2) is 0 Å². The fraction of sp³-hybridized carbons (Fsp3) is 0.455. The molecule has 0 N–H and O–H groups in total. The molecule has 0 unspecified atom stereocenters. The highest BCUT2D eigenvalue weighted by molar-refractivity contribution is 9.11. The molecule has 0 atom stereocenters. The molecule has 0 radical (unpaired) electrons. The van der Waals surface area contributed by atoms with Gasteiger partial charge >= 0.3 is 11.4 Å². The molecule has 0 spiro atoms. The number of thiophene rings is 1. The SMILES string of the molecule is CC(C)CCn1c(=O)oc(=O)c2cc(Br)sc21. The molecule has 0 bridgehead atoms. The van der Waals surface area contributed by atoms with Crippen molar-refractivity contribution in [3.05, 3.63) is 30.8 Å². The second-order valence-corrected chi connectivity index (χ2v) is 6.67. The molecule has 2 aromatic rings. The van der Waals surface area contributed by atoms with Crippen LogP contribution in [0.25, 0.3) is 10.2 Å². The van der Waals surface area contributed by atoms with Crippen molar-refractivity contribution in [1.82, 2.24) is 4.57 Å². The summed E-state index contributed by atoms with van der Waals surface area (Å²) in [4.78, 5) is 23.9. The van der Waals surface area contributed by atoms with Crippen molar-refractivity contribution in [3.63, 3.8) is 0 Å². The van der Waals surface area contributed by atoms with Crippen LogP contribution >= 0.6 is 27.3 Å². The van der Waals surface area contributed by atoms with Gasteiger partial charge in [-0.15, -0.1) is 11.3 Å². The van der Waals surface area contributed by atoms with Crippen molar-refractivity contribution < 1.29 is 4.42 Å². The van der Waals surface area contributed by atoms with Crippen LogP contribution in [0.5, 0.6) is 0 Å². The lowest BCUT2D eigenvalue weighted by atomic mass is 10.1. The van der Waals surface area contributed by atoms with E-state index in [1.165, 1.54) is 15.9 Å². The van der Waals surface area contributed by atoms with Crippen molar-refractivity contribution in [2.75, 3.05) is 0 Å². The summed E-state index contributed by atoms with van der Waals surface area (Å²) in [5.74, 6) is -0.0789. The molecule has 0 fully saturated rings. The Morgan fingerprint density at radius 1 is 1.47 bits per heavy atom. The molecule has 0 aromatic carbocycles. The first-order valence-electron chi connectivity index (χ1n) is 5.32. The third kappa shape index (κ3) is 2.52. The second-order valence-electron chi connectivity index (χ2n) is 4.26. The third-order valence-corrected chi connectivity index (χ3v) is 4.14. The molecule has 0 amide bonds. The van der Waals surface area contributed by atoms with Gasteiger partial charge in [-0.3, -0.25) is 4.57 Å². The minimum absolute atomic E-state index is 0.463. The minimum atomic E-state index is -0.572. The van der Waals surface area contributed by atoms with Gasteiger partial charge in [0.05, 0.1) is 9.17 Å². The highest BCUT2D eigenvalue weighted by Crippen LogP contribution is 2.27. The molecule has 0 aliphatic carbocycles. The molecular formula is C11H12BrNO3S. The first kappa shape index (κ1) is 12.6. The second kappa shape index (κ2) is 4.78. The van der Waals surface area contributed by atoms with Gasteiger partial charge in [-0.1, -0.05) is 13.8 Å². The number of fused-ring (bicyclic) bond motifs is 1. The number of hydrogen-bond acceptors (Lipinski definition) is 4.